The molecule has 0 aliphatic carbocycles. The molecule has 0 aromatic heterocycles. The summed E-state index contributed by atoms with van der Waals surface area (Å²) in [6.07, 6.45) is 0.211. The average molecular weight is 277 g/mol. The first-order chi connectivity index (χ1) is 9.44. The van der Waals surface area contributed by atoms with Crippen LogP contribution in [0.4, 0.5) is 8.78 Å². The van der Waals surface area contributed by atoms with Gasteiger partial charge in [0.1, 0.15) is 5.75 Å². The van der Waals surface area contributed by atoms with E-state index < -0.39 is 17.2 Å². The van der Waals surface area contributed by atoms with Crippen molar-refractivity contribution in [2.45, 2.75) is 18.9 Å². The van der Waals surface area contributed by atoms with E-state index in [1.54, 1.807) is 32.2 Å². The molecule has 0 amide bonds. The van der Waals surface area contributed by atoms with E-state index >= 15 is 0 Å². The lowest BCUT2D eigenvalue weighted by atomic mass is 9.86. The molecule has 0 aliphatic heterocycles. The minimum absolute atomic E-state index is 0.211. The Morgan fingerprint density at radius 3 is 2.35 bits per heavy atom. The highest BCUT2D eigenvalue weighted by atomic mass is 19.2. The van der Waals surface area contributed by atoms with Gasteiger partial charge >= 0.3 is 0 Å². The first-order valence-electron chi connectivity index (χ1n) is 6.30. The summed E-state index contributed by atoms with van der Waals surface area (Å²) in [4.78, 5) is 0. The van der Waals surface area contributed by atoms with Crippen molar-refractivity contribution in [2.24, 2.45) is 5.73 Å². The highest BCUT2D eigenvalue weighted by Crippen LogP contribution is 2.26. The molecule has 0 spiro atoms. The molecule has 2 aromatic carbocycles. The lowest BCUT2D eigenvalue weighted by Crippen LogP contribution is -2.35. The van der Waals surface area contributed by atoms with Gasteiger partial charge < -0.3 is 10.5 Å². The summed E-state index contributed by atoms with van der Waals surface area (Å²) in [5.41, 5.74) is 6.56. The van der Waals surface area contributed by atoms with Crippen LogP contribution in [0.15, 0.2) is 42.5 Å². The van der Waals surface area contributed by atoms with Crippen molar-refractivity contribution in [1.82, 2.24) is 0 Å². The third-order valence-corrected chi connectivity index (χ3v) is 3.34. The van der Waals surface area contributed by atoms with Crippen LogP contribution in [0, 0.1) is 11.6 Å². The summed E-state index contributed by atoms with van der Waals surface area (Å²) in [6.45, 7) is 1.79. The van der Waals surface area contributed by atoms with Gasteiger partial charge in [0.2, 0.25) is 0 Å². The Balaban J connectivity index is 2.27. The number of halogens is 2. The van der Waals surface area contributed by atoms with Crippen LogP contribution in [0.5, 0.6) is 5.75 Å². The molecule has 0 fully saturated rings. The van der Waals surface area contributed by atoms with Gasteiger partial charge in [-0.1, -0.05) is 24.3 Å². The predicted molar refractivity (Wildman–Crippen MR) is 74.6 cm³/mol. The Kier molecular flexibility index (Phi) is 4.04. The van der Waals surface area contributed by atoms with E-state index in [2.05, 4.69) is 0 Å². The minimum Gasteiger partial charge on any atom is -0.497 e. The van der Waals surface area contributed by atoms with Crippen LogP contribution in [0.25, 0.3) is 0 Å². The summed E-state index contributed by atoms with van der Waals surface area (Å²) < 4.78 is 32.0. The molecule has 2 aromatic rings. The van der Waals surface area contributed by atoms with Crippen LogP contribution in [0.3, 0.4) is 0 Å². The smallest absolute Gasteiger partial charge is 0.162 e. The van der Waals surface area contributed by atoms with Crippen LogP contribution in [-0.4, -0.2) is 7.11 Å². The number of methoxy groups -OCH3 is 1. The topological polar surface area (TPSA) is 35.2 Å². The molecule has 1 atom stereocenters. The summed E-state index contributed by atoms with van der Waals surface area (Å²) in [6, 6.07) is 11.4. The Morgan fingerprint density at radius 1 is 1.10 bits per heavy atom. The molecule has 20 heavy (non-hydrogen) atoms. The predicted octanol–water partition coefficient (Wildman–Crippen LogP) is 3.39. The molecule has 106 valence electrons. The van der Waals surface area contributed by atoms with Crippen LogP contribution < -0.4 is 10.5 Å². The zero-order valence-electron chi connectivity index (χ0n) is 11.5. The second-order valence-corrected chi connectivity index (χ2v) is 5.04. The number of benzene rings is 2. The maximum Gasteiger partial charge on any atom is 0.162 e. The number of hydrogen-bond acceptors (Lipinski definition) is 2. The van der Waals surface area contributed by atoms with Crippen molar-refractivity contribution >= 4 is 0 Å². The van der Waals surface area contributed by atoms with Gasteiger partial charge in [0.15, 0.2) is 11.6 Å². The van der Waals surface area contributed by atoms with Crippen molar-refractivity contribution in [3.8, 4) is 5.75 Å². The lowest BCUT2D eigenvalue weighted by Gasteiger charge is -2.26. The largest absolute Gasteiger partial charge is 0.497 e. The Bertz CT molecular complexity index is 594. The number of rotatable bonds is 4. The monoisotopic (exact) mass is 277 g/mol. The highest BCUT2D eigenvalue weighted by molar-refractivity contribution is 5.33. The quantitative estimate of drug-likeness (QED) is 0.929. The second kappa shape index (κ2) is 5.59. The molecule has 2 nitrogen and oxygen atoms in total. The molecule has 0 saturated heterocycles. The number of hydrogen-bond donors (Lipinski definition) is 1. The summed E-state index contributed by atoms with van der Waals surface area (Å²) in [7, 11) is 1.58. The molecule has 0 heterocycles. The van der Waals surface area contributed by atoms with Gasteiger partial charge in [0, 0.05) is 5.54 Å². The maximum atomic E-state index is 13.7. The Morgan fingerprint density at radius 2 is 1.75 bits per heavy atom. The van der Waals surface area contributed by atoms with E-state index in [1.165, 1.54) is 6.07 Å². The van der Waals surface area contributed by atoms with E-state index in [0.717, 1.165) is 17.4 Å². The van der Waals surface area contributed by atoms with E-state index in [9.17, 15) is 8.78 Å². The van der Waals surface area contributed by atoms with Gasteiger partial charge in [-0.25, -0.2) is 8.78 Å². The average Bonchev–Trinajstić information content (AvgIpc) is 2.44. The van der Waals surface area contributed by atoms with Gasteiger partial charge in [-0.05, 0) is 42.7 Å². The van der Waals surface area contributed by atoms with Gasteiger partial charge in [-0.2, -0.15) is 0 Å². The molecule has 0 aliphatic rings. The zero-order valence-corrected chi connectivity index (χ0v) is 11.5. The SMILES string of the molecule is COc1ccc(C(C)(N)Cc2cccc(F)c2F)cc1. The molecule has 0 saturated carbocycles. The van der Waals surface area contributed by atoms with Gasteiger partial charge in [0.05, 0.1) is 7.11 Å². The van der Waals surface area contributed by atoms with Gasteiger partial charge in [-0.15, -0.1) is 0 Å². The first-order valence-corrected chi connectivity index (χ1v) is 6.30. The van der Waals surface area contributed by atoms with Crippen molar-refractivity contribution in [3.05, 3.63) is 65.2 Å². The number of nitrogens with two attached hydrogens (primary N) is 1. The van der Waals surface area contributed by atoms with Crippen molar-refractivity contribution in [2.75, 3.05) is 7.11 Å². The van der Waals surface area contributed by atoms with E-state index in [0.29, 0.717) is 0 Å². The fourth-order valence-corrected chi connectivity index (χ4v) is 2.15. The van der Waals surface area contributed by atoms with E-state index in [1.807, 2.05) is 12.1 Å². The first kappa shape index (κ1) is 14.5. The zero-order chi connectivity index (χ0) is 14.8. The van der Waals surface area contributed by atoms with Crippen molar-refractivity contribution in [3.63, 3.8) is 0 Å². The van der Waals surface area contributed by atoms with Crippen LogP contribution in [-0.2, 0) is 12.0 Å². The van der Waals surface area contributed by atoms with Crippen LogP contribution >= 0.6 is 0 Å². The van der Waals surface area contributed by atoms with Crippen LogP contribution in [0.2, 0.25) is 0 Å². The molecule has 2 rings (SSSR count). The van der Waals surface area contributed by atoms with Crippen molar-refractivity contribution < 1.29 is 13.5 Å². The molecule has 2 N–H and O–H groups in total. The maximum absolute atomic E-state index is 13.7. The fourth-order valence-electron chi connectivity index (χ4n) is 2.15. The fraction of sp³-hybridized carbons (Fsp3) is 0.250. The van der Waals surface area contributed by atoms with Crippen molar-refractivity contribution in [1.29, 1.82) is 0 Å². The third-order valence-electron chi connectivity index (χ3n) is 3.34. The standard InChI is InChI=1S/C16H17F2NO/c1-16(19,12-6-8-13(20-2)9-7-12)10-11-4-3-5-14(17)15(11)18/h3-9H,10,19H2,1-2H3. The van der Waals surface area contributed by atoms with E-state index in [-0.39, 0.29) is 12.0 Å². The van der Waals surface area contributed by atoms with Gasteiger partial charge in [0.25, 0.3) is 0 Å². The van der Waals surface area contributed by atoms with Crippen LogP contribution in [0.1, 0.15) is 18.1 Å². The molecule has 0 radical (unpaired) electrons. The molecular weight excluding hydrogens is 260 g/mol. The molecule has 1 unspecified atom stereocenters. The molecule has 4 heteroatoms. The normalized spacial score (nSPS) is 13.8. The highest BCUT2D eigenvalue weighted by Gasteiger charge is 2.24. The lowest BCUT2D eigenvalue weighted by molar-refractivity contribution is 0.413. The summed E-state index contributed by atoms with van der Waals surface area (Å²) in [5, 5.41) is 0. The molecular formula is C16H17F2NO. The second-order valence-electron chi connectivity index (χ2n) is 5.04. The van der Waals surface area contributed by atoms with E-state index in [4.69, 9.17) is 10.5 Å². The minimum atomic E-state index is -0.854. The third kappa shape index (κ3) is 2.96. The Labute approximate surface area is 117 Å². The Hall–Kier alpha value is -1.94. The molecule has 0 bridgehead atoms. The number of ether oxygens (including phenoxy) is 1. The van der Waals surface area contributed by atoms with Gasteiger partial charge in [-0.3, -0.25) is 0 Å². The summed E-state index contributed by atoms with van der Waals surface area (Å²) >= 11 is 0. The summed E-state index contributed by atoms with van der Waals surface area (Å²) in [5.74, 6) is -0.966.